The zero-order chi connectivity index (χ0) is 16.4. The van der Waals surface area contributed by atoms with Gasteiger partial charge in [0.2, 0.25) is 0 Å². The molecular weight excluding hydrogens is 286 g/mol. The summed E-state index contributed by atoms with van der Waals surface area (Å²) in [6, 6.07) is 9.71. The number of aromatic nitrogens is 2. The predicted molar refractivity (Wildman–Crippen MR) is 94.2 cm³/mol. The quantitative estimate of drug-likeness (QED) is 0.768. The highest BCUT2D eigenvalue weighted by Gasteiger charge is 2.27. The maximum atomic E-state index is 3.77. The van der Waals surface area contributed by atoms with Crippen LogP contribution in [0.15, 0.2) is 24.3 Å². The summed E-state index contributed by atoms with van der Waals surface area (Å²) >= 11 is 0. The van der Waals surface area contributed by atoms with Crippen molar-refractivity contribution in [1.82, 2.24) is 25.1 Å². The minimum absolute atomic E-state index is 0.427. The van der Waals surface area contributed by atoms with Crippen LogP contribution in [-0.2, 0) is 13.1 Å². The number of nitrogens with one attached hydrogen (secondary N) is 3. The van der Waals surface area contributed by atoms with Gasteiger partial charge in [-0.3, -0.25) is 0 Å². The van der Waals surface area contributed by atoms with Crippen molar-refractivity contribution < 1.29 is 0 Å². The molecule has 0 bridgehead atoms. The molecule has 2 atom stereocenters. The Labute approximate surface area is 139 Å². The van der Waals surface area contributed by atoms with Gasteiger partial charge in [-0.25, -0.2) is 0 Å². The van der Waals surface area contributed by atoms with Crippen molar-refractivity contribution in [3.63, 3.8) is 0 Å². The van der Waals surface area contributed by atoms with Gasteiger partial charge < -0.3 is 25.1 Å². The summed E-state index contributed by atoms with van der Waals surface area (Å²) in [5.74, 6) is 0. The van der Waals surface area contributed by atoms with Crippen molar-refractivity contribution >= 4 is 0 Å². The minimum atomic E-state index is 0.427. The molecule has 0 aromatic carbocycles. The molecule has 3 heterocycles. The topological polar surface area (TPSA) is 50.1 Å². The summed E-state index contributed by atoms with van der Waals surface area (Å²) in [5, 5.41) is 3.77. The van der Waals surface area contributed by atoms with E-state index < -0.39 is 0 Å². The van der Waals surface area contributed by atoms with E-state index in [4.69, 9.17) is 0 Å². The van der Waals surface area contributed by atoms with Crippen LogP contribution in [0, 0.1) is 0 Å². The maximum Gasteiger partial charge on any atom is 0.0478 e. The van der Waals surface area contributed by atoms with Crippen molar-refractivity contribution in [3.8, 4) is 0 Å². The largest absolute Gasteiger partial charge is 0.360 e. The van der Waals surface area contributed by atoms with Gasteiger partial charge in [-0.15, -0.1) is 0 Å². The van der Waals surface area contributed by atoms with Crippen LogP contribution in [0.5, 0.6) is 0 Å². The van der Waals surface area contributed by atoms with Gasteiger partial charge in [0, 0.05) is 47.9 Å². The fourth-order valence-electron chi connectivity index (χ4n) is 3.42. The third-order valence-corrected chi connectivity index (χ3v) is 4.41. The molecular formula is C18H29N5. The fourth-order valence-corrected chi connectivity index (χ4v) is 3.42. The molecule has 0 radical (unpaired) electrons. The van der Waals surface area contributed by atoms with Crippen LogP contribution in [0.25, 0.3) is 0 Å². The Morgan fingerprint density at radius 1 is 0.783 bits per heavy atom. The van der Waals surface area contributed by atoms with Crippen molar-refractivity contribution in [2.24, 2.45) is 0 Å². The lowest BCUT2D eigenvalue weighted by atomic mass is 10.1. The SMILES string of the molecule is CN(C)Cc1ccc(C2CCC(c3ccc(CN(C)C)[nH]3)N2)[nH]1. The number of nitrogens with zero attached hydrogens (tertiary/aromatic N) is 2. The Morgan fingerprint density at radius 3 is 1.61 bits per heavy atom. The van der Waals surface area contributed by atoms with Gasteiger partial charge in [-0.05, 0) is 65.3 Å². The molecule has 23 heavy (non-hydrogen) atoms. The predicted octanol–water partition coefficient (Wildman–Crippen LogP) is 2.63. The molecule has 1 aliphatic heterocycles. The van der Waals surface area contributed by atoms with Gasteiger partial charge in [0.25, 0.3) is 0 Å². The molecule has 3 rings (SSSR count). The second-order valence-corrected chi connectivity index (χ2v) is 7.20. The molecule has 2 aromatic heterocycles. The molecule has 5 heteroatoms. The van der Waals surface area contributed by atoms with Crippen LogP contribution in [0.1, 0.15) is 47.7 Å². The Balaban J connectivity index is 1.61. The number of hydrogen-bond acceptors (Lipinski definition) is 3. The van der Waals surface area contributed by atoms with E-state index >= 15 is 0 Å². The molecule has 3 N–H and O–H groups in total. The first kappa shape index (κ1) is 16.3. The second kappa shape index (κ2) is 6.91. The van der Waals surface area contributed by atoms with Gasteiger partial charge in [0.15, 0.2) is 0 Å². The number of rotatable bonds is 6. The monoisotopic (exact) mass is 315 g/mol. The third-order valence-electron chi connectivity index (χ3n) is 4.41. The lowest BCUT2D eigenvalue weighted by molar-refractivity contribution is 0.396. The van der Waals surface area contributed by atoms with Crippen LogP contribution in [0.4, 0.5) is 0 Å². The maximum absolute atomic E-state index is 3.77. The van der Waals surface area contributed by atoms with E-state index in [1.807, 2.05) is 0 Å². The van der Waals surface area contributed by atoms with E-state index in [0.29, 0.717) is 12.1 Å². The first-order valence-corrected chi connectivity index (χ1v) is 8.42. The lowest BCUT2D eigenvalue weighted by Gasteiger charge is -2.13. The van der Waals surface area contributed by atoms with E-state index in [1.54, 1.807) is 0 Å². The average molecular weight is 315 g/mol. The number of hydrogen-bond donors (Lipinski definition) is 3. The highest BCUT2D eigenvalue weighted by atomic mass is 15.1. The normalized spacial score (nSPS) is 21.7. The van der Waals surface area contributed by atoms with Crippen LogP contribution >= 0.6 is 0 Å². The summed E-state index contributed by atoms with van der Waals surface area (Å²) in [6.45, 7) is 1.92. The second-order valence-electron chi connectivity index (χ2n) is 7.20. The molecule has 1 aliphatic rings. The minimum Gasteiger partial charge on any atom is -0.360 e. The highest BCUT2D eigenvalue weighted by molar-refractivity contribution is 5.22. The molecule has 126 valence electrons. The Kier molecular flexibility index (Phi) is 4.90. The van der Waals surface area contributed by atoms with Crippen LogP contribution in [-0.4, -0.2) is 48.0 Å². The zero-order valence-corrected chi connectivity index (χ0v) is 14.7. The van der Waals surface area contributed by atoms with Crippen molar-refractivity contribution in [2.75, 3.05) is 28.2 Å². The summed E-state index contributed by atoms with van der Waals surface area (Å²) in [4.78, 5) is 11.5. The first-order valence-electron chi connectivity index (χ1n) is 8.42. The molecule has 0 amide bonds. The molecule has 0 spiro atoms. The van der Waals surface area contributed by atoms with E-state index in [1.165, 1.54) is 35.6 Å². The summed E-state index contributed by atoms with van der Waals surface area (Å²) < 4.78 is 0. The van der Waals surface area contributed by atoms with E-state index in [9.17, 15) is 0 Å². The van der Waals surface area contributed by atoms with Crippen LogP contribution in [0.2, 0.25) is 0 Å². The van der Waals surface area contributed by atoms with Crippen molar-refractivity contribution in [2.45, 2.75) is 38.0 Å². The molecule has 1 fully saturated rings. The number of aromatic amines is 2. The number of H-pyrrole nitrogens is 2. The molecule has 1 saturated heterocycles. The van der Waals surface area contributed by atoms with Gasteiger partial charge in [-0.1, -0.05) is 0 Å². The van der Waals surface area contributed by atoms with Crippen molar-refractivity contribution in [1.29, 1.82) is 0 Å². The summed E-state index contributed by atoms with van der Waals surface area (Å²) in [5.41, 5.74) is 5.18. The van der Waals surface area contributed by atoms with E-state index in [2.05, 4.69) is 77.5 Å². The lowest BCUT2D eigenvalue weighted by Crippen LogP contribution is -2.18. The molecule has 0 aliphatic carbocycles. The molecule has 0 saturated carbocycles. The molecule has 2 aromatic rings. The Bertz CT molecular complexity index is 571. The third kappa shape index (κ3) is 4.05. The van der Waals surface area contributed by atoms with Gasteiger partial charge in [0.1, 0.15) is 0 Å². The Morgan fingerprint density at radius 2 is 1.22 bits per heavy atom. The van der Waals surface area contributed by atoms with Crippen LogP contribution in [0.3, 0.4) is 0 Å². The summed E-state index contributed by atoms with van der Waals surface area (Å²) in [7, 11) is 8.39. The molecule has 5 nitrogen and oxygen atoms in total. The highest BCUT2D eigenvalue weighted by Crippen LogP contribution is 2.33. The van der Waals surface area contributed by atoms with E-state index in [-0.39, 0.29) is 0 Å². The van der Waals surface area contributed by atoms with Gasteiger partial charge >= 0.3 is 0 Å². The molecule has 2 unspecified atom stereocenters. The standard InChI is InChI=1S/C18H29N5/c1-22(2)11-13-5-7-15(19-13)17-9-10-18(21-17)16-8-6-14(20-16)12-23(3)4/h5-8,17-21H,9-12H2,1-4H3. The van der Waals surface area contributed by atoms with Crippen molar-refractivity contribution in [3.05, 3.63) is 47.0 Å². The average Bonchev–Trinajstić information content (AvgIpc) is 3.15. The van der Waals surface area contributed by atoms with Crippen LogP contribution < -0.4 is 5.32 Å². The smallest absolute Gasteiger partial charge is 0.0478 e. The van der Waals surface area contributed by atoms with Gasteiger partial charge in [-0.2, -0.15) is 0 Å². The summed E-state index contributed by atoms with van der Waals surface area (Å²) in [6.07, 6.45) is 2.35. The first-order chi connectivity index (χ1) is 11.0. The zero-order valence-electron chi connectivity index (χ0n) is 14.7. The van der Waals surface area contributed by atoms with Gasteiger partial charge in [0.05, 0.1) is 0 Å². The van der Waals surface area contributed by atoms with E-state index in [0.717, 1.165) is 13.1 Å². The Hall–Kier alpha value is -1.56. The fraction of sp³-hybridized carbons (Fsp3) is 0.556.